The van der Waals surface area contributed by atoms with Gasteiger partial charge in [0, 0.05) is 43.5 Å². The lowest BCUT2D eigenvalue weighted by molar-refractivity contribution is 0.410. The Morgan fingerprint density at radius 1 is 1.17 bits per heavy atom. The second-order valence-electron chi connectivity index (χ2n) is 7.09. The number of rotatable bonds is 7. The molecule has 5 nitrogen and oxygen atoms in total. The first kappa shape index (κ1) is 24.2. The Bertz CT molecular complexity index is 850. The molecule has 1 saturated heterocycles. The highest BCUT2D eigenvalue weighted by atomic mass is 127. The van der Waals surface area contributed by atoms with Crippen molar-refractivity contribution in [3.05, 3.63) is 59.7 Å². The molecule has 0 amide bonds. The van der Waals surface area contributed by atoms with E-state index in [1.54, 1.807) is 13.2 Å². The molecule has 3 rings (SSSR count). The van der Waals surface area contributed by atoms with Crippen LogP contribution in [0.15, 0.2) is 47.5 Å². The van der Waals surface area contributed by atoms with Gasteiger partial charge in [-0.05, 0) is 37.5 Å². The van der Waals surface area contributed by atoms with Crippen molar-refractivity contribution in [1.29, 1.82) is 0 Å². The van der Waals surface area contributed by atoms with E-state index >= 15 is 0 Å². The first-order valence-corrected chi connectivity index (χ1v) is 9.94. The van der Waals surface area contributed by atoms with E-state index in [0.29, 0.717) is 12.5 Å². The molecule has 0 radical (unpaired) electrons. The lowest BCUT2D eigenvalue weighted by Crippen LogP contribution is -2.40. The van der Waals surface area contributed by atoms with Crippen LogP contribution >= 0.6 is 24.0 Å². The number of aliphatic imine (C=N–C) groups is 1. The summed E-state index contributed by atoms with van der Waals surface area (Å²) in [6, 6.07) is 11.9. The van der Waals surface area contributed by atoms with Crippen LogP contribution in [0, 0.1) is 17.6 Å². The van der Waals surface area contributed by atoms with Gasteiger partial charge < -0.3 is 20.3 Å². The van der Waals surface area contributed by atoms with E-state index in [1.165, 1.54) is 12.1 Å². The lowest BCUT2D eigenvalue weighted by atomic mass is 10.1. The highest BCUT2D eigenvalue weighted by Crippen LogP contribution is 2.25. The summed E-state index contributed by atoms with van der Waals surface area (Å²) in [7, 11) is 1.66. The number of hydrogen-bond acceptors (Lipinski definition) is 3. The van der Waals surface area contributed by atoms with Crippen molar-refractivity contribution < 1.29 is 13.5 Å². The second-order valence-corrected chi connectivity index (χ2v) is 7.09. The quantitative estimate of drug-likeness (QED) is 0.321. The lowest BCUT2D eigenvalue weighted by Gasteiger charge is -2.19. The van der Waals surface area contributed by atoms with Crippen molar-refractivity contribution in [2.45, 2.75) is 19.9 Å². The fourth-order valence-corrected chi connectivity index (χ4v) is 3.50. The minimum atomic E-state index is -0.812. The summed E-state index contributed by atoms with van der Waals surface area (Å²) >= 11 is 0. The maximum Gasteiger partial charge on any atom is 0.191 e. The number of methoxy groups -OCH3 is 1. The summed E-state index contributed by atoms with van der Waals surface area (Å²) < 4.78 is 32.0. The molecule has 8 heteroatoms. The Morgan fingerprint density at radius 3 is 2.70 bits per heavy atom. The number of anilines is 1. The zero-order valence-electron chi connectivity index (χ0n) is 17.3. The molecule has 1 fully saturated rings. The normalized spacial score (nSPS) is 16.2. The van der Waals surface area contributed by atoms with Crippen LogP contribution < -0.4 is 20.3 Å². The summed E-state index contributed by atoms with van der Waals surface area (Å²) in [6.45, 7) is 5.70. The highest BCUT2D eigenvalue weighted by Gasteiger charge is 2.23. The third-order valence-electron chi connectivity index (χ3n) is 5.06. The van der Waals surface area contributed by atoms with Crippen molar-refractivity contribution in [2.24, 2.45) is 10.9 Å². The van der Waals surface area contributed by atoms with Gasteiger partial charge >= 0.3 is 0 Å². The van der Waals surface area contributed by atoms with Crippen LogP contribution in [0.1, 0.15) is 18.9 Å². The molecule has 1 unspecified atom stereocenters. The minimum Gasteiger partial charge on any atom is -0.496 e. The van der Waals surface area contributed by atoms with Crippen molar-refractivity contribution in [1.82, 2.24) is 10.6 Å². The molecule has 164 valence electrons. The third kappa shape index (κ3) is 6.45. The highest BCUT2D eigenvalue weighted by molar-refractivity contribution is 14.0. The zero-order chi connectivity index (χ0) is 20.6. The molecular weight excluding hydrogens is 501 g/mol. The maximum atomic E-state index is 13.5. The molecule has 1 aliphatic heterocycles. The number of hydrogen-bond donors (Lipinski definition) is 2. The van der Waals surface area contributed by atoms with Gasteiger partial charge in [-0.25, -0.2) is 13.8 Å². The van der Waals surface area contributed by atoms with Crippen LogP contribution in [0.3, 0.4) is 0 Å². The van der Waals surface area contributed by atoms with Crippen LogP contribution in [-0.2, 0) is 6.54 Å². The van der Waals surface area contributed by atoms with Crippen LogP contribution in [0.2, 0.25) is 0 Å². The monoisotopic (exact) mass is 530 g/mol. The molecule has 2 aromatic carbocycles. The summed E-state index contributed by atoms with van der Waals surface area (Å²) in [4.78, 5) is 6.75. The predicted molar refractivity (Wildman–Crippen MR) is 128 cm³/mol. The fourth-order valence-electron chi connectivity index (χ4n) is 3.50. The molecule has 0 spiro atoms. The molecule has 0 aromatic heterocycles. The van der Waals surface area contributed by atoms with Gasteiger partial charge in [-0.2, -0.15) is 0 Å². The molecule has 0 saturated carbocycles. The molecule has 1 aliphatic rings. The Labute approximate surface area is 193 Å². The minimum absolute atomic E-state index is 0. The van der Waals surface area contributed by atoms with E-state index in [4.69, 9.17) is 4.74 Å². The molecule has 0 aliphatic carbocycles. The zero-order valence-corrected chi connectivity index (χ0v) is 19.7. The van der Waals surface area contributed by atoms with Crippen molar-refractivity contribution in [2.75, 3.05) is 38.2 Å². The van der Waals surface area contributed by atoms with Crippen molar-refractivity contribution in [3.8, 4) is 5.75 Å². The number of benzene rings is 2. The summed E-state index contributed by atoms with van der Waals surface area (Å²) in [6.07, 6.45) is 0.984. The van der Waals surface area contributed by atoms with Crippen LogP contribution in [-0.4, -0.2) is 39.2 Å². The van der Waals surface area contributed by atoms with E-state index in [-0.39, 0.29) is 24.0 Å². The number of guanidine groups is 1. The topological polar surface area (TPSA) is 48.9 Å². The van der Waals surface area contributed by atoms with E-state index in [1.807, 2.05) is 31.2 Å². The first-order valence-electron chi connectivity index (χ1n) is 9.94. The number of nitrogens with zero attached hydrogens (tertiary/aromatic N) is 2. The molecular formula is C22H29F2IN4O. The number of ether oxygens (including phenoxy) is 1. The first-order chi connectivity index (χ1) is 14.1. The summed E-state index contributed by atoms with van der Waals surface area (Å²) in [5.74, 6) is 0.364. The van der Waals surface area contributed by atoms with Gasteiger partial charge in [0.2, 0.25) is 0 Å². The van der Waals surface area contributed by atoms with Crippen molar-refractivity contribution in [3.63, 3.8) is 0 Å². The van der Waals surface area contributed by atoms with Gasteiger partial charge in [0.15, 0.2) is 17.6 Å². The van der Waals surface area contributed by atoms with Crippen molar-refractivity contribution >= 4 is 35.6 Å². The SMILES string of the molecule is CCNC(=NCc1ccccc1OC)NCC1CCN(c2ccc(F)c(F)c2)C1.I. The Balaban J connectivity index is 0.00000320. The van der Waals surface area contributed by atoms with Gasteiger partial charge in [0.25, 0.3) is 0 Å². The third-order valence-corrected chi connectivity index (χ3v) is 5.06. The predicted octanol–water partition coefficient (Wildman–Crippen LogP) is 4.17. The van der Waals surface area contributed by atoms with Crippen LogP contribution in [0.4, 0.5) is 14.5 Å². The van der Waals surface area contributed by atoms with E-state index in [9.17, 15) is 8.78 Å². The Kier molecular flexibility index (Phi) is 9.61. The second kappa shape index (κ2) is 11.9. The number of nitrogens with one attached hydrogen (secondary N) is 2. The van der Waals surface area contributed by atoms with Gasteiger partial charge in [0.1, 0.15) is 5.75 Å². The average Bonchev–Trinajstić information content (AvgIpc) is 3.21. The summed E-state index contributed by atoms with van der Waals surface area (Å²) in [5.41, 5.74) is 1.75. The van der Waals surface area contributed by atoms with E-state index < -0.39 is 11.6 Å². The van der Waals surface area contributed by atoms with Gasteiger partial charge in [-0.15, -0.1) is 24.0 Å². The Morgan fingerprint density at radius 2 is 1.97 bits per heavy atom. The fraction of sp³-hybridized carbons (Fsp3) is 0.409. The standard InChI is InChI=1S/C22H28F2N4O.HI/c1-3-25-22(27-14-17-6-4-5-7-21(17)29-2)26-13-16-10-11-28(15-16)18-8-9-19(23)20(24)12-18;/h4-9,12,16H,3,10-11,13-15H2,1-2H3,(H2,25,26,27);1H. The van der Waals surface area contributed by atoms with Gasteiger partial charge in [-0.1, -0.05) is 18.2 Å². The molecule has 2 aromatic rings. The summed E-state index contributed by atoms with van der Waals surface area (Å²) in [5, 5.41) is 6.66. The molecule has 1 heterocycles. The Hall–Kier alpha value is -2.10. The molecule has 2 N–H and O–H groups in total. The molecule has 0 bridgehead atoms. The van der Waals surface area contributed by atoms with Gasteiger partial charge in [0.05, 0.1) is 13.7 Å². The van der Waals surface area contributed by atoms with E-state index in [2.05, 4.69) is 20.5 Å². The molecule has 30 heavy (non-hydrogen) atoms. The smallest absolute Gasteiger partial charge is 0.191 e. The largest absolute Gasteiger partial charge is 0.496 e. The van der Waals surface area contributed by atoms with Gasteiger partial charge in [-0.3, -0.25) is 0 Å². The molecule has 1 atom stereocenters. The van der Waals surface area contributed by atoms with Crippen LogP contribution in [0.25, 0.3) is 0 Å². The number of halogens is 3. The average molecular weight is 530 g/mol. The van der Waals surface area contributed by atoms with E-state index in [0.717, 1.165) is 55.6 Å². The van der Waals surface area contributed by atoms with Crippen LogP contribution in [0.5, 0.6) is 5.75 Å². The maximum absolute atomic E-state index is 13.5. The number of para-hydroxylation sites is 1.